The van der Waals surface area contributed by atoms with Crippen LogP contribution in [-0.4, -0.2) is 21.6 Å². The Morgan fingerprint density at radius 2 is 2.11 bits per heavy atom. The normalized spacial score (nSPS) is 10.8. The number of hydrogen-bond donors (Lipinski definition) is 2. The van der Waals surface area contributed by atoms with E-state index in [1.165, 1.54) is 4.72 Å². The second-order valence-corrected chi connectivity index (χ2v) is 2.53. The fourth-order valence-electron chi connectivity index (χ4n) is 0.165. The average Bonchev–Trinajstić information content (AvgIpc) is 1.63. The maximum absolute atomic E-state index is 10.2. The molecule has 0 saturated heterocycles. The van der Waals surface area contributed by atoms with Crippen LogP contribution in [0, 0.1) is 0 Å². The van der Waals surface area contributed by atoms with E-state index in [4.69, 9.17) is 0 Å². The first-order valence-corrected chi connectivity index (χ1v) is 3.26. The molecular formula is C2H6N2O4S. The van der Waals surface area contributed by atoms with Crippen LogP contribution in [0.4, 0.5) is 4.79 Å². The Morgan fingerprint density at radius 1 is 1.67 bits per heavy atom. The minimum absolute atomic E-state index is 0.908. The Kier molecular flexibility index (Phi) is 2.41. The predicted molar refractivity (Wildman–Crippen MR) is 28.6 cm³/mol. The summed E-state index contributed by atoms with van der Waals surface area (Å²) in [5, 5.41) is 0. The van der Waals surface area contributed by atoms with Crippen LogP contribution in [0.5, 0.6) is 0 Å². The maximum atomic E-state index is 10.2. The zero-order valence-electron chi connectivity index (χ0n) is 4.62. The van der Waals surface area contributed by atoms with Crippen LogP contribution in [0.15, 0.2) is 0 Å². The van der Waals surface area contributed by atoms with Crippen molar-refractivity contribution in [1.29, 1.82) is 0 Å². The van der Waals surface area contributed by atoms with Crippen molar-refractivity contribution in [3.63, 3.8) is 0 Å². The molecule has 0 rings (SSSR count). The molecule has 2 amide bonds. The van der Waals surface area contributed by atoms with Crippen molar-refractivity contribution < 1.29 is 17.4 Å². The largest absolute Gasteiger partial charge is 0.363 e. The quantitative estimate of drug-likeness (QED) is 0.508. The molecule has 0 radical (unpaired) electrons. The molecule has 0 fully saturated rings. The predicted octanol–water partition coefficient (Wildman–Crippen LogP) is -1.45. The second kappa shape index (κ2) is 2.65. The highest BCUT2D eigenvalue weighted by Gasteiger charge is 2.08. The first kappa shape index (κ1) is 8.18. The van der Waals surface area contributed by atoms with Crippen LogP contribution in [-0.2, 0) is 14.5 Å². The number of nitrogens with one attached hydrogen (secondary N) is 1. The van der Waals surface area contributed by atoms with Crippen LogP contribution >= 0.6 is 0 Å². The maximum Gasteiger partial charge on any atom is 0.363 e. The molecule has 0 aromatic heterocycles. The van der Waals surface area contributed by atoms with Gasteiger partial charge in [-0.1, -0.05) is 0 Å². The molecule has 0 saturated carbocycles. The monoisotopic (exact) mass is 154 g/mol. The van der Waals surface area contributed by atoms with Crippen LogP contribution in [0.2, 0.25) is 0 Å². The molecule has 7 heteroatoms. The van der Waals surface area contributed by atoms with E-state index in [1.807, 2.05) is 0 Å². The van der Waals surface area contributed by atoms with Gasteiger partial charge in [-0.3, -0.25) is 4.18 Å². The van der Waals surface area contributed by atoms with Crippen LogP contribution < -0.4 is 10.5 Å². The highest BCUT2D eigenvalue weighted by molar-refractivity contribution is 7.85. The summed E-state index contributed by atoms with van der Waals surface area (Å²) in [7, 11) is -3.04. The molecule has 3 N–H and O–H groups in total. The van der Waals surface area contributed by atoms with Crippen molar-refractivity contribution in [1.82, 2.24) is 4.72 Å². The minimum atomic E-state index is -3.94. The molecule has 0 heterocycles. The molecule has 0 aliphatic heterocycles. The molecule has 6 nitrogen and oxygen atoms in total. The number of hydrogen-bond acceptors (Lipinski definition) is 4. The van der Waals surface area contributed by atoms with E-state index in [1.54, 1.807) is 0 Å². The number of amides is 2. The van der Waals surface area contributed by atoms with Crippen molar-refractivity contribution >= 4 is 16.3 Å². The SMILES string of the molecule is COS(=O)(=O)NC(N)=O. The summed E-state index contributed by atoms with van der Waals surface area (Å²) >= 11 is 0. The standard InChI is InChI=1S/C2H6N2O4S/c1-8-9(6,7)4-2(3)5/h1H3,(H3,3,4,5). The van der Waals surface area contributed by atoms with Gasteiger partial charge >= 0.3 is 16.3 Å². The fraction of sp³-hybridized carbons (Fsp3) is 0.500. The van der Waals surface area contributed by atoms with Gasteiger partial charge in [0.15, 0.2) is 0 Å². The third-order valence-electron chi connectivity index (χ3n) is 0.445. The fourth-order valence-corrected chi connectivity index (χ4v) is 0.495. The molecule has 0 aliphatic carbocycles. The Morgan fingerprint density at radius 3 is 2.22 bits per heavy atom. The van der Waals surface area contributed by atoms with Crippen LogP contribution in [0.25, 0.3) is 0 Å². The lowest BCUT2D eigenvalue weighted by Gasteiger charge is -1.97. The van der Waals surface area contributed by atoms with Crippen molar-refractivity contribution in [3.8, 4) is 0 Å². The summed E-state index contributed by atoms with van der Waals surface area (Å²) in [6, 6.07) is -1.17. The average molecular weight is 154 g/mol. The van der Waals surface area contributed by atoms with E-state index in [9.17, 15) is 13.2 Å². The number of rotatable bonds is 2. The van der Waals surface area contributed by atoms with Gasteiger partial charge < -0.3 is 5.73 Å². The van der Waals surface area contributed by atoms with Crippen molar-refractivity contribution in [3.05, 3.63) is 0 Å². The molecule has 0 atom stereocenters. The van der Waals surface area contributed by atoms with Crippen LogP contribution in [0.1, 0.15) is 0 Å². The lowest BCUT2D eigenvalue weighted by molar-refractivity contribution is 0.252. The topological polar surface area (TPSA) is 98.5 Å². The van der Waals surface area contributed by atoms with Gasteiger partial charge in [-0.05, 0) is 0 Å². The highest BCUT2D eigenvalue weighted by atomic mass is 32.2. The Hall–Kier alpha value is -0.820. The van der Waals surface area contributed by atoms with E-state index >= 15 is 0 Å². The third kappa shape index (κ3) is 3.74. The Bertz CT molecular complexity index is 195. The van der Waals surface area contributed by atoms with Gasteiger partial charge in [-0.15, -0.1) is 0 Å². The number of carbonyl (C=O) groups excluding carboxylic acids is 1. The zero-order valence-corrected chi connectivity index (χ0v) is 5.44. The molecule has 0 aliphatic rings. The molecule has 0 spiro atoms. The number of carbonyl (C=O) groups is 1. The molecule has 54 valence electrons. The Balaban J connectivity index is 4.06. The molecular weight excluding hydrogens is 148 g/mol. The van der Waals surface area contributed by atoms with Crippen LogP contribution in [0.3, 0.4) is 0 Å². The first-order chi connectivity index (χ1) is 3.98. The smallest absolute Gasteiger partial charge is 0.351 e. The summed E-state index contributed by atoms with van der Waals surface area (Å²) in [5.41, 5.74) is 4.44. The second-order valence-electron chi connectivity index (χ2n) is 1.09. The molecule has 9 heavy (non-hydrogen) atoms. The van der Waals surface area contributed by atoms with Crippen molar-refractivity contribution in [2.45, 2.75) is 0 Å². The zero-order chi connectivity index (χ0) is 7.49. The van der Waals surface area contributed by atoms with Gasteiger partial charge in [0.05, 0.1) is 7.11 Å². The van der Waals surface area contributed by atoms with Crippen molar-refractivity contribution in [2.75, 3.05) is 7.11 Å². The van der Waals surface area contributed by atoms with Gasteiger partial charge in [0.25, 0.3) is 0 Å². The highest BCUT2D eigenvalue weighted by Crippen LogP contribution is 1.79. The Labute approximate surface area is 52.2 Å². The van der Waals surface area contributed by atoms with Crippen molar-refractivity contribution in [2.24, 2.45) is 5.73 Å². The minimum Gasteiger partial charge on any atom is -0.351 e. The number of urea groups is 1. The molecule has 0 aromatic carbocycles. The molecule has 0 bridgehead atoms. The molecule has 0 unspecified atom stereocenters. The summed E-state index contributed by atoms with van der Waals surface area (Å²) < 4.78 is 25.5. The lowest BCUT2D eigenvalue weighted by Crippen LogP contribution is -2.35. The lowest BCUT2D eigenvalue weighted by atomic mass is 11.2. The van der Waals surface area contributed by atoms with Gasteiger partial charge in [0.1, 0.15) is 0 Å². The third-order valence-corrected chi connectivity index (χ3v) is 1.34. The van der Waals surface area contributed by atoms with Gasteiger partial charge in [-0.25, -0.2) is 9.52 Å². The van der Waals surface area contributed by atoms with E-state index in [0.29, 0.717) is 0 Å². The van der Waals surface area contributed by atoms with E-state index in [2.05, 4.69) is 9.92 Å². The van der Waals surface area contributed by atoms with E-state index < -0.39 is 16.3 Å². The van der Waals surface area contributed by atoms with Gasteiger partial charge in [-0.2, -0.15) is 8.42 Å². The van der Waals surface area contributed by atoms with Gasteiger partial charge in [0, 0.05) is 0 Å². The summed E-state index contributed by atoms with van der Waals surface area (Å²) in [6.45, 7) is 0. The summed E-state index contributed by atoms with van der Waals surface area (Å²) in [5.74, 6) is 0. The van der Waals surface area contributed by atoms with E-state index in [0.717, 1.165) is 7.11 Å². The molecule has 0 aromatic rings. The first-order valence-electron chi connectivity index (χ1n) is 1.86. The van der Waals surface area contributed by atoms with E-state index in [-0.39, 0.29) is 0 Å². The number of nitrogens with two attached hydrogens (primary N) is 1. The van der Waals surface area contributed by atoms with Gasteiger partial charge in [0.2, 0.25) is 0 Å². The summed E-state index contributed by atoms with van der Waals surface area (Å²) in [4.78, 5) is 9.83. The summed E-state index contributed by atoms with van der Waals surface area (Å²) in [6.07, 6.45) is 0. The number of primary amides is 1.